The molecule has 0 bridgehead atoms. The molecule has 120 valence electrons. The van der Waals surface area contributed by atoms with Crippen LogP contribution in [0.1, 0.15) is 25.8 Å². The Balaban J connectivity index is 3.05. The van der Waals surface area contributed by atoms with E-state index in [4.69, 9.17) is 5.73 Å². The maximum Gasteiger partial charge on any atom is 0.240 e. The highest BCUT2D eigenvalue weighted by Gasteiger charge is 2.21. The summed E-state index contributed by atoms with van der Waals surface area (Å²) in [7, 11) is 0.246. The van der Waals surface area contributed by atoms with Crippen LogP contribution in [-0.2, 0) is 10.0 Å². The highest BCUT2D eigenvalue weighted by molar-refractivity contribution is 7.89. The first-order chi connectivity index (χ1) is 9.67. The highest BCUT2D eigenvalue weighted by atomic mass is 32.2. The van der Waals surface area contributed by atoms with E-state index in [-0.39, 0.29) is 10.9 Å². The second kappa shape index (κ2) is 7.24. The fourth-order valence-corrected chi connectivity index (χ4v) is 3.57. The minimum absolute atomic E-state index is 0.237. The van der Waals surface area contributed by atoms with E-state index < -0.39 is 10.0 Å². The van der Waals surface area contributed by atoms with Crippen molar-refractivity contribution in [1.82, 2.24) is 4.72 Å². The molecule has 0 amide bonds. The number of sulfonamides is 1. The monoisotopic (exact) mass is 313 g/mol. The molecule has 0 saturated carbocycles. The minimum Gasteiger partial charge on any atom is -0.377 e. The molecule has 1 aromatic carbocycles. The largest absolute Gasteiger partial charge is 0.377 e. The molecule has 6 heteroatoms. The van der Waals surface area contributed by atoms with Crippen molar-refractivity contribution in [3.8, 4) is 0 Å². The Morgan fingerprint density at radius 2 is 1.90 bits per heavy atom. The summed E-state index contributed by atoms with van der Waals surface area (Å²) >= 11 is 0. The van der Waals surface area contributed by atoms with Gasteiger partial charge in [0, 0.05) is 32.4 Å². The summed E-state index contributed by atoms with van der Waals surface area (Å²) in [4.78, 5) is 2.18. The summed E-state index contributed by atoms with van der Waals surface area (Å²) < 4.78 is 27.7. The van der Waals surface area contributed by atoms with Gasteiger partial charge in [-0.3, -0.25) is 0 Å². The molecule has 0 saturated heterocycles. The molecule has 1 atom stereocenters. The van der Waals surface area contributed by atoms with E-state index in [1.807, 2.05) is 45.8 Å². The molecule has 1 rings (SSSR count). The summed E-state index contributed by atoms with van der Waals surface area (Å²) in [5.74, 6) is 0.386. The predicted octanol–water partition coefficient (Wildman–Crippen LogP) is 1.71. The van der Waals surface area contributed by atoms with Crippen LogP contribution in [0.3, 0.4) is 0 Å². The zero-order chi connectivity index (χ0) is 16.2. The van der Waals surface area contributed by atoms with Gasteiger partial charge in [0.1, 0.15) is 0 Å². The van der Waals surface area contributed by atoms with Crippen LogP contribution in [0.4, 0.5) is 5.69 Å². The summed E-state index contributed by atoms with van der Waals surface area (Å²) in [6, 6.07) is 4.91. The molecule has 0 heterocycles. The molecular weight excluding hydrogens is 286 g/mol. The van der Waals surface area contributed by atoms with Crippen molar-refractivity contribution >= 4 is 15.7 Å². The Morgan fingerprint density at radius 3 is 2.38 bits per heavy atom. The molecule has 0 aromatic heterocycles. The van der Waals surface area contributed by atoms with E-state index in [1.165, 1.54) is 0 Å². The van der Waals surface area contributed by atoms with Crippen molar-refractivity contribution in [3.05, 3.63) is 23.8 Å². The van der Waals surface area contributed by atoms with Crippen molar-refractivity contribution in [1.29, 1.82) is 0 Å². The number of rotatable bonds is 7. The lowest BCUT2D eigenvalue weighted by Crippen LogP contribution is -2.41. The summed E-state index contributed by atoms with van der Waals surface area (Å²) in [5.41, 5.74) is 7.61. The van der Waals surface area contributed by atoms with E-state index in [0.717, 1.165) is 17.7 Å². The van der Waals surface area contributed by atoms with Gasteiger partial charge < -0.3 is 10.6 Å². The second-order valence-corrected chi connectivity index (χ2v) is 7.74. The first-order valence-corrected chi connectivity index (χ1v) is 8.66. The van der Waals surface area contributed by atoms with Crippen molar-refractivity contribution in [2.24, 2.45) is 11.7 Å². The first kappa shape index (κ1) is 17.9. The minimum atomic E-state index is -3.55. The lowest BCUT2D eigenvalue weighted by Gasteiger charge is -2.20. The molecule has 0 aliphatic heterocycles. The Hall–Kier alpha value is -1.11. The number of benzene rings is 1. The van der Waals surface area contributed by atoms with Gasteiger partial charge in [0.05, 0.1) is 4.90 Å². The van der Waals surface area contributed by atoms with Crippen LogP contribution in [0.15, 0.2) is 23.1 Å². The lowest BCUT2D eigenvalue weighted by molar-refractivity contribution is 0.465. The van der Waals surface area contributed by atoms with Crippen LogP contribution < -0.4 is 15.4 Å². The smallest absolute Gasteiger partial charge is 0.240 e. The average molecular weight is 313 g/mol. The van der Waals surface area contributed by atoms with Crippen molar-refractivity contribution in [3.63, 3.8) is 0 Å². The average Bonchev–Trinajstić information content (AvgIpc) is 2.36. The van der Waals surface area contributed by atoms with Gasteiger partial charge in [-0.25, -0.2) is 13.1 Å². The topological polar surface area (TPSA) is 75.4 Å². The summed E-state index contributed by atoms with van der Waals surface area (Å²) in [6.07, 6.45) is 0.724. The molecule has 0 fully saturated rings. The Morgan fingerprint density at radius 1 is 1.29 bits per heavy atom. The highest BCUT2D eigenvalue weighted by Crippen LogP contribution is 2.22. The van der Waals surface area contributed by atoms with Gasteiger partial charge in [0.2, 0.25) is 10.0 Å². The molecular formula is C15H27N3O2S. The van der Waals surface area contributed by atoms with E-state index in [1.54, 1.807) is 12.1 Å². The fraction of sp³-hybridized carbons (Fsp3) is 0.600. The van der Waals surface area contributed by atoms with Gasteiger partial charge in [-0.15, -0.1) is 0 Å². The van der Waals surface area contributed by atoms with Crippen LogP contribution in [-0.4, -0.2) is 35.1 Å². The molecule has 21 heavy (non-hydrogen) atoms. The van der Waals surface area contributed by atoms with Crippen LogP contribution in [0.2, 0.25) is 0 Å². The molecule has 0 aliphatic rings. The molecule has 1 aromatic rings. The number of hydrogen-bond acceptors (Lipinski definition) is 4. The number of hydrogen-bond donors (Lipinski definition) is 2. The third-order valence-electron chi connectivity index (χ3n) is 3.33. The predicted molar refractivity (Wildman–Crippen MR) is 88.1 cm³/mol. The van der Waals surface area contributed by atoms with Crippen molar-refractivity contribution in [2.45, 2.75) is 38.1 Å². The van der Waals surface area contributed by atoms with Crippen molar-refractivity contribution in [2.75, 3.05) is 25.5 Å². The normalized spacial score (nSPS) is 13.5. The molecule has 0 aliphatic carbocycles. The van der Waals surface area contributed by atoms with E-state index >= 15 is 0 Å². The molecule has 0 spiro atoms. The molecule has 1 unspecified atom stereocenters. The van der Waals surface area contributed by atoms with Gasteiger partial charge in [-0.2, -0.15) is 0 Å². The molecule has 3 N–H and O–H groups in total. The summed E-state index contributed by atoms with van der Waals surface area (Å²) in [6.45, 7) is 6.35. The standard InChI is InChI=1S/C15H27N3O2S/c1-11(2)8-13(10-16)17-21(19,20)14-7-6-12(3)15(9-14)18(4)5/h6-7,9,11,13,17H,8,10,16H2,1-5H3. The lowest BCUT2D eigenvalue weighted by atomic mass is 10.1. The van der Waals surface area contributed by atoms with Crippen LogP contribution in [0, 0.1) is 12.8 Å². The first-order valence-electron chi connectivity index (χ1n) is 7.17. The van der Waals surface area contributed by atoms with E-state index in [2.05, 4.69) is 4.72 Å². The summed E-state index contributed by atoms with van der Waals surface area (Å²) in [5, 5.41) is 0. The molecule has 5 nitrogen and oxygen atoms in total. The van der Waals surface area contributed by atoms with Crippen LogP contribution in [0.25, 0.3) is 0 Å². The zero-order valence-corrected chi connectivity index (χ0v) is 14.4. The maximum absolute atomic E-state index is 12.5. The number of nitrogens with one attached hydrogen (secondary N) is 1. The second-order valence-electron chi connectivity index (χ2n) is 6.03. The van der Waals surface area contributed by atoms with Gasteiger partial charge in [-0.1, -0.05) is 19.9 Å². The zero-order valence-electron chi connectivity index (χ0n) is 13.6. The van der Waals surface area contributed by atoms with Crippen LogP contribution >= 0.6 is 0 Å². The maximum atomic E-state index is 12.5. The Kier molecular flexibility index (Phi) is 6.19. The SMILES string of the molecule is Cc1ccc(S(=O)(=O)NC(CN)CC(C)C)cc1N(C)C. The number of anilines is 1. The third kappa shape index (κ3) is 4.98. The third-order valence-corrected chi connectivity index (χ3v) is 4.85. The van der Waals surface area contributed by atoms with E-state index in [0.29, 0.717) is 12.5 Å². The van der Waals surface area contributed by atoms with Gasteiger partial charge in [0.15, 0.2) is 0 Å². The fourth-order valence-electron chi connectivity index (χ4n) is 2.29. The number of nitrogens with zero attached hydrogens (tertiary/aromatic N) is 1. The van der Waals surface area contributed by atoms with Gasteiger partial charge in [-0.05, 0) is 37.0 Å². The Labute approximate surface area is 128 Å². The van der Waals surface area contributed by atoms with E-state index in [9.17, 15) is 8.42 Å². The number of aryl methyl sites for hydroxylation is 1. The van der Waals surface area contributed by atoms with Gasteiger partial charge >= 0.3 is 0 Å². The van der Waals surface area contributed by atoms with Crippen molar-refractivity contribution < 1.29 is 8.42 Å². The molecule has 0 radical (unpaired) electrons. The Bertz CT molecular complexity index is 568. The number of nitrogens with two attached hydrogens (primary N) is 1. The van der Waals surface area contributed by atoms with Gasteiger partial charge in [0.25, 0.3) is 0 Å². The van der Waals surface area contributed by atoms with Crippen LogP contribution in [0.5, 0.6) is 0 Å². The quantitative estimate of drug-likeness (QED) is 0.803.